The van der Waals surface area contributed by atoms with Crippen molar-refractivity contribution in [3.8, 4) is 0 Å². The topological polar surface area (TPSA) is 20.2 Å². The predicted molar refractivity (Wildman–Crippen MR) is 63.4 cm³/mol. The summed E-state index contributed by atoms with van der Waals surface area (Å²) in [6.07, 6.45) is 2.50. The molecule has 76 valence electrons. The smallest absolute Gasteiger partial charge is 0.0998 e. The fourth-order valence-corrected chi connectivity index (χ4v) is 2.41. The van der Waals surface area contributed by atoms with E-state index in [-0.39, 0.29) is 0 Å². The normalized spacial score (nSPS) is 12.6. The van der Waals surface area contributed by atoms with Crippen LogP contribution in [-0.2, 0) is 0 Å². The molecule has 0 radical (unpaired) electrons. The maximum Gasteiger partial charge on any atom is 0.0998 e. The van der Waals surface area contributed by atoms with Crippen LogP contribution in [-0.4, -0.2) is 11.4 Å². The molecule has 0 fully saturated rings. The summed E-state index contributed by atoms with van der Waals surface area (Å²) in [7, 11) is 0. The van der Waals surface area contributed by atoms with Crippen molar-refractivity contribution < 1.29 is 5.11 Å². The minimum atomic E-state index is -0.818. The van der Waals surface area contributed by atoms with Crippen molar-refractivity contribution in [3.63, 3.8) is 0 Å². The molecule has 1 aromatic carbocycles. The molecule has 1 rings (SSSR count). The molecule has 1 unspecified atom stereocenters. The van der Waals surface area contributed by atoms with Crippen molar-refractivity contribution in [2.45, 2.75) is 11.0 Å². The maximum absolute atomic E-state index is 9.61. The minimum absolute atomic E-state index is 0.459. The van der Waals surface area contributed by atoms with Crippen molar-refractivity contribution in [1.29, 1.82) is 0 Å². The quantitative estimate of drug-likeness (QED) is 0.646. The summed E-state index contributed by atoms with van der Waals surface area (Å²) in [5, 5.41) is 10.6. The van der Waals surface area contributed by atoms with Crippen molar-refractivity contribution in [2.75, 3.05) is 6.26 Å². The molecule has 0 amide bonds. The Morgan fingerprint density at radius 1 is 1.50 bits per heavy atom. The number of hydrogen-bond donors (Lipinski definition) is 1. The van der Waals surface area contributed by atoms with Crippen LogP contribution in [0.3, 0.4) is 0 Å². The number of hydrogen-bond acceptors (Lipinski definition) is 2. The van der Waals surface area contributed by atoms with Gasteiger partial charge >= 0.3 is 0 Å². The Bertz CT molecular complexity index is 352. The summed E-state index contributed by atoms with van der Waals surface area (Å²) in [5.41, 5.74) is 0.523. The lowest BCUT2D eigenvalue weighted by Gasteiger charge is -2.12. The summed E-state index contributed by atoms with van der Waals surface area (Å²) >= 11 is 13.5. The van der Waals surface area contributed by atoms with E-state index >= 15 is 0 Å². The van der Waals surface area contributed by atoms with Crippen LogP contribution in [0.2, 0.25) is 10.0 Å². The van der Waals surface area contributed by atoms with Crippen LogP contribution in [0.4, 0.5) is 0 Å². The fraction of sp³-hybridized carbons (Fsp3) is 0.200. The van der Waals surface area contributed by atoms with Gasteiger partial charge in [0.05, 0.1) is 11.1 Å². The third-order valence-corrected chi connectivity index (χ3v) is 3.46. The summed E-state index contributed by atoms with van der Waals surface area (Å²) in [5.74, 6) is 0. The van der Waals surface area contributed by atoms with Crippen LogP contribution < -0.4 is 0 Å². The van der Waals surface area contributed by atoms with Gasteiger partial charge in [-0.05, 0) is 18.4 Å². The van der Waals surface area contributed by atoms with E-state index < -0.39 is 6.10 Å². The zero-order chi connectivity index (χ0) is 10.7. The highest BCUT2D eigenvalue weighted by molar-refractivity contribution is 7.98. The summed E-state index contributed by atoms with van der Waals surface area (Å²) < 4.78 is 0. The number of benzene rings is 1. The monoisotopic (exact) mass is 248 g/mol. The van der Waals surface area contributed by atoms with Gasteiger partial charge in [-0.1, -0.05) is 29.3 Å². The van der Waals surface area contributed by atoms with Gasteiger partial charge in [-0.25, -0.2) is 0 Å². The first-order valence-corrected chi connectivity index (χ1v) is 5.92. The highest BCUT2D eigenvalue weighted by atomic mass is 35.5. The Kier molecular flexibility index (Phi) is 4.32. The fourth-order valence-electron chi connectivity index (χ4n) is 1.10. The molecular formula is C10H10Cl2OS. The lowest BCUT2D eigenvalue weighted by Crippen LogP contribution is -1.96. The molecule has 1 nitrogen and oxygen atoms in total. The molecule has 0 aliphatic rings. The first-order chi connectivity index (χ1) is 6.61. The van der Waals surface area contributed by atoms with Crippen molar-refractivity contribution in [2.24, 2.45) is 0 Å². The van der Waals surface area contributed by atoms with E-state index in [2.05, 4.69) is 6.58 Å². The molecule has 0 aliphatic heterocycles. The summed E-state index contributed by atoms with van der Waals surface area (Å²) in [4.78, 5) is 0.895. The van der Waals surface area contributed by atoms with E-state index in [0.29, 0.717) is 15.6 Å². The SMILES string of the molecule is C=CC(O)c1c(Cl)ccc(SC)c1Cl. The van der Waals surface area contributed by atoms with E-state index in [1.165, 1.54) is 17.8 Å². The predicted octanol–water partition coefficient (Wildman–Crippen LogP) is 3.93. The number of aliphatic hydroxyl groups is 1. The van der Waals surface area contributed by atoms with E-state index in [9.17, 15) is 5.11 Å². The van der Waals surface area contributed by atoms with E-state index in [0.717, 1.165) is 4.90 Å². The standard InChI is InChI=1S/C10H10Cl2OS/c1-3-7(13)9-6(11)4-5-8(14-2)10(9)12/h3-5,7,13H,1H2,2H3. The molecule has 0 aromatic heterocycles. The number of rotatable bonds is 3. The Hall–Kier alpha value is -0.150. The first-order valence-electron chi connectivity index (χ1n) is 3.94. The third kappa shape index (κ3) is 2.26. The van der Waals surface area contributed by atoms with Crippen LogP contribution in [0.15, 0.2) is 29.7 Å². The second-order valence-corrected chi connectivity index (χ2v) is 4.29. The van der Waals surface area contributed by atoms with Crippen molar-refractivity contribution in [1.82, 2.24) is 0 Å². The van der Waals surface area contributed by atoms with Crippen LogP contribution in [0.25, 0.3) is 0 Å². The number of thioether (sulfide) groups is 1. The Morgan fingerprint density at radius 2 is 2.14 bits per heavy atom. The van der Waals surface area contributed by atoms with Gasteiger partial charge in [0, 0.05) is 15.5 Å². The second-order valence-electron chi connectivity index (χ2n) is 2.66. The summed E-state index contributed by atoms with van der Waals surface area (Å²) in [6, 6.07) is 3.55. The molecule has 1 atom stereocenters. The van der Waals surface area contributed by atoms with Crippen LogP contribution in [0.1, 0.15) is 11.7 Å². The maximum atomic E-state index is 9.61. The van der Waals surface area contributed by atoms with Gasteiger partial charge in [0.2, 0.25) is 0 Å². The molecule has 0 spiro atoms. The molecule has 4 heteroatoms. The lowest BCUT2D eigenvalue weighted by atomic mass is 10.1. The largest absolute Gasteiger partial charge is 0.384 e. The molecule has 1 aromatic rings. The highest BCUT2D eigenvalue weighted by Crippen LogP contribution is 2.37. The van der Waals surface area contributed by atoms with Gasteiger partial charge in [-0.15, -0.1) is 18.3 Å². The number of aliphatic hydroxyl groups excluding tert-OH is 1. The Labute approximate surface area is 97.7 Å². The lowest BCUT2D eigenvalue weighted by molar-refractivity contribution is 0.229. The van der Waals surface area contributed by atoms with Gasteiger partial charge in [0.15, 0.2) is 0 Å². The summed E-state index contributed by atoms with van der Waals surface area (Å²) in [6.45, 7) is 3.50. The van der Waals surface area contributed by atoms with Gasteiger partial charge in [-0.2, -0.15) is 0 Å². The Morgan fingerprint density at radius 3 is 2.64 bits per heavy atom. The molecule has 0 aliphatic carbocycles. The van der Waals surface area contributed by atoms with Crippen molar-refractivity contribution in [3.05, 3.63) is 40.4 Å². The molecule has 0 saturated heterocycles. The molecule has 0 saturated carbocycles. The molecule has 1 N–H and O–H groups in total. The van der Waals surface area contributed by atoms with E-state index in [1.54, 1.807) is 6.07 Å². The van der Waals surface area contributed by atoms with Gasteiger partial charge in [0.25, 0.3) is 0 Å². The van der Waals surface area contributed by atoms with Crippen LogP contribution in [0, 0.1) is 0 Å². The van der Waals surface area contributed by atoms with Gasteiger partial charge in [-0.3, -0.25) is 0 Å². The zero-order valence-electron chi connectivity index (χ0n) is 7.63. The van der Waals surface area contributed by atoms with Crippen LogP contribution >= 0.6 is 35.0 Å². The second kappa shape index (κ2) is 5.08. The molecule has 14 heavy (non-hydrogen) atoms. The minimum Gasteiger partial charge on any atom is -0.384 e. The van der Waals surface area contributed by atoms with E-state index in [1.807, 2.05) is 12.3 Å². The van der Waals surface area contributed by atoms with Gasteiger partial charge in [0.1, 0.15) is 0 Å². The average Bonchev–Trinajstić information content (AvgIpc) is 2.18. The molecular weight excluding hydrogens is 239 g/mol. The van der Waals surface area contributed by atoms with Crippen molar-refractivity contribution >= 4 is 35.0 Å². The highest BCUT2D eigenvalue weighted by Gasteiger charge is 2.15. The average molecular weight is 249 g/mol. The number of halogens is 2. The molecule has 0 heterocycles. The third-order valence-electron chi connectivity index (χ3n) is 1.83. The molecule has 0 bridgehead atoms. The van der Waals surface area contributed by atoms with E-state index in [4.69, 9.17) is 23.2 Å². The zero-order valence-corrected chi connectivity index (χ0v) is 9.96. The van der Waals surface area contributed by atoms with Crippen LogP contribution in [0.5, 0.6) is 0 Å². The van der Waals surface area contributed by atoms with Gasteiger partial charge < -0.3 is 5.11 Å². The Balaban J connectivity index is 3.31. The first kappa shape index (κ1) is 11.9.